The third-order valence-corrected chi connectivity index (χ3v) is 4.98. The van der Waals surface area contributed by atoms with Gasteiger partial charge in [-0.2, -0.15) is 0 Å². The Hall–Kier alpha value is -2.44. The Morgan fingerprint density at radius 3 is 2.96 bits per heavy atom. The highest BCUT2D eigenvalue weighted by molar-refractivity contribution is 5.76. The number of anilines is 1. The standard InChI is InChI=1S/C16H20N6O/c23-16(10-21-6-5-18-11-21)22-8-12-1-2-14(13(12)9-22)20-15-7-17-3-4-19-15/h3-7,11-14H,1-2,8-10H2,(H,19,20)/t12-,13+,14-/m1/s1. The number of aromatic nitrogens is 4. The van der Waals surface area contributed by atoms with Gasteiger partial charge in [0.15, 0.2) is 0 Å². The lowest BCUT2D eigenvalue weighted by Gasteiger charge is -2.22. The molecule has 4 rings (SSSR count). The number of hydrogen-bond donors (Lipinski definition) is 1. The lowest BCUT2D eigenvalue weighted by molar-refractivity contribution is -0.131. The van der Waals surface area contributed by atoms with Crippen LogP contribution in [0.25, 0.3) is 0 Å². The van der Waals surface area contributed by atoms with Crippen LogP contribution < -0.4 is 5.32 Å². The Kier molecular flexibility index (Phi) is 3.69. The fourth-order valence-electron chi connectivity index (χ4n) is 3.85. The average molecular weight is 312 g/mol. The Morgan fingerprint density at radius 2 is 2.17 bits per heavy atom. The van der Waals surface area contributed by atoms with E-state index in [9.17, 15) is 4.79 Å². The molecule has 7 nitrogen and oxygen atoms in total. The Labute approximate surface area is 134 Å². The molecule has 2 aromatic rings. The molecule has 1 aliphatic carbocycles. The molecule has 2 aliphatic rings. The quantitative estimate of drug-likeness (QED) is 0.912. The summed E-state index contributed by atoms with van der Waals surface area (Å²) in [4.78, 5) is 26.8. The number of rotatable bonds is 4. The van der Waals surface area contributed by atoms with Crippen molar-refractivity contribution < 1.29 is 4.79 Å². The van der Waals surface area contributed by atoms with Gasteiger partial charge in [-0.05, 0) is 18.8 Å². The molecule has 3 atom stereocenters. The van der Waals surface area contributed by atoms with Gasteiger partial charge >= 0.3 is 0 Å². The molecule has 0 radical (unpaired) electrons. The van der Waals surface area contributed by atoms with Crippen molar-refractivity contribution >= 4 is 11.7 Å². The normalized spacial score (nSPS) is 26.3. The zero-order chi connectivity index (χ0) is 15.6. The van der Waals surface area contributed by atoms with E-state index in [4.69, 9.17) is 0 Å². The minimum absolute atomic E-state index is 0.177. The first-order valence-corrected chi connectivity index (χ1v) is 8.05. The summed E-state index contributed by atoms with van der Waals surface area (Å²) in [6, 6.07) is 0.378. The fraction of sp³-hybridized carbons (Fsp3) is 0.500. The second-order valence-electron chi connectivity index (χ2n) is 6.38. The molecular weight excluding hydrogens is 292 g/mol. The number of imidazole rings is 1. The van der Waals surface area contributed by atoms with Gasteiger partial charge in [-0.1, -0.05) is 0 Å². The molecular formula is C16H20N6O. The van der Waals surface area contributed by atoms with Crippen LogP contribution in [-0.2, 0) is 11.3 Å². The molecule has 120 valence electrons. The Balaban J connectivity index is 1.38. The lowest BCUT2D eigenvalue weighted by Crippen LogP contribution is -2.35. The van der Waals surface area contributed by atoms with Gasteiger partial charge in [-0.3, -0.25) is 9.78 Å². The van der Waals surface area contributed by atoms with Gasteiger partial charge in [0, 0.05) is 49.8 Å². The van der Waals surface area contributed by atoms with E-state index in [2.05, 4.69) is 20.3 Å². The van der Waals surface area contributed by atoms with Crippen molar-refractivity contribution in [1.29, 1.82) is 0 Å². The Bertz CT molecular complexity index is 658. The maximum Gasteiger partial charge on any atom is 0.242 e. The molecule has 0 spiro atoms. The van der Waals surface area contributed by atoms with E-state index in [1.807, 2.05) is 15.7 Å². The van der Waals surface area contributed by atoms with Gasteiger partial charge in [0.1, 0.15) is 12.4 Å². The minimum atomic E-state index is 0.177. The van der Waals surface area contributed by atoms with E-state index in [0.29, 0.717) is 24.4 Å². The van der Waals surface area contributed by atoms with Crippen molar-refractivity contribution in [3.05, 3.63) is 37.3 Å². The van der Waals surface area contributed by atoms with Crippen LogP contribution >= 0.6 is 0 Å². The van der Waals surface area contributed by atoms with Crippen molar-refractivity contribution in [1.82, 2.24) is 24.4 Å². The van der Waals surface area contributed by atoms with Gasteiger partial charge in [-0.25, -0.2) is 9.97 Å². The smallest absolute Gasteiger partial charge is 0.242 e. The largest absolute Gasteiger partial charge is 0.366 e. The van der Waals surface area contributed by atoms with E-state index >= 15 is 0 Å². The van der Waals surface area contributed by atoms with Crippen LogP contribution in [0.3, 0.4) is 0 Å². The highest BCUT2D eigenvalue weighted by Crippen LogP contribution is 2.39. The van der Waals surface area contributed by atoms with Gasteiger partial charge in [0.2, 0.25) is 5.91 Å². The first-order valence-electron chi connectivity index (χ1n) is 8.05. The predicted octanol–water partition coefficient (Wildman–Crippen LogP) is 1.02. The summed E-state index contributed by atoms with van der Waals surface area (Å²) in [6.45, 7) is 2.08. The zero-order valence-corrected chi connectivity index (χ0v) is 12.9. The first kappa shape index (κ1) is 14.2. The number of nitrogens with zero attached hydrogens (tertiary/aromatic N) is 5. The predicted molar refractivity (Wildman–Crippen MR) is 84.5 cm³/mol. The summed E-state index contributed by atoms with van der Waals surface area (Å²) in [6.07, 6.45) is 12.6. The number of carbonyl (C=O) groups excluding carboxylic acids is 1. The summed E-state index contributed by atoms with van der Waals surface area (Å²) in [7, 11) is 0. The van der Waals surface area contributed by atoms with E-state index in [0.717, 1.165) is 31.7 Å². The summed E-state index contributed by atoms with van der Waals surface area (Å²) in [5.41, 5.74) is 0. The molecule has 1 saturated heterocycles. The van der Waals surface area contributed by atoms with E-state index in [1.54, 1.807) is 31.1 Å². The number of carbonyl (C=O) groups is 1. The van der Waals surface area contributed by atoms with Crippen LogP contribution in [0.4, 0.5) is 5.82 Å². The van der Waals surface area contributed by atoms with Crippen LogP contribution in [0.1, 0.15) is 12.8 Å². The van der Waals surface area contributed by atoms with Crippen LogP contribution in [0.2, 0.25) is 0 Å². The topological polar surface area (TPSA) is 75.9 Å². The van der Waals surface area contributed by atoms with E-state index in [1.165, 1.54) is 0 Å². The second kappa shape index (κ2) is 5.98. The number of nitrogens with one attached hydrogen (secondary N) is 1. The molecule has 2 aromatic heterocycles. The van der Waals surface area contributed by atoms with E-state index in [-0.39, 0.29) is 5.91 Å². The number of fused-ring (bicyclic) bond motifs is 1. The molecule has 0 aromatic carbocycles. The van der Waals surface area contributed by atoms with Crippen LogP contribution in [0.15, 0.2) is 37.3 Å². The number of hydrogen-bond acceptors (Lipinski definition) is 5. The highest BCUT2D eigenvalue weighted by Gasteiger charge is 2.44. The summed E-state index contributed by atoms with van der Waals surface area (Å²) >= 11 is 0. The van der Waals surface area contributed by atoms with Gasteiger partial charge in [0.05, 0.1) is 12.5 Å². The molecule has 0 bridgehead atoms. The zero-order valence-electron chi connectivity index (χ0n) is 12.9. The fourth-order valence-corrected chi connectivity index (χ4v) is 3.85. The van der Waals surface area contributed by atoms with Gasteiger partial charge < -0.3 is 14.8 Å². The molecule has 3 heterocycles. The minimum Gasteiger partial charge on any atom is -0.366 e. The average Bonchev–Trinajstić information content (AvgIpc) is 3.27. The second-order valence-corrected chi connectivity index (χ2v) is 6.38. The van der Waals surface area contributed by atoms with Crippen LogP contribution in [-0.4, -0.2) is 49.5 Å². The van der Waals surface area contributed by atoms with E-state index < -0.39 is 0 Å². The van der Waals surface area contributed by atoms with Gasteiger partial charge in [-0.15, -0.1) is 0 Å². The molecule has 23 heavy (non-hydrogen) atoms. The summed E-state index contributed by atoms with van der Waals surface area (Å²) < 4.78 is 1.83. The summed E-state index contributed by atoms with van der Waals surface area (Å²) in [5.74, 6) is 2.09. The lowest BCUT2D eigenvalue weighted by atomic mass is 9.98. The maximum absolute atomic E-state index is 12.4. The highest BCUT2D eigenvalue weighted by atomic mass is 16.2. The molecule has 7 heteroatoms. The van der Waals surface area contributed by atoms with Crippen molar-refractivity contribution in [2.75, 3.05) is 18.4 Å². The van der Waals surface area contributed by atoms with Crippen LogP contribution in [0.5, 0.6) is 0 Å². The number of amides is 1. The third kappa shape index (κ3) is 2.91. The molecule has 1 saturated carbocycles. The third-order valence-electron chi connectivity index (χ3n) is 4.98. The number of likely N-dealkylation sites (tertiary alicyclic amines) is 1. The summed E-state index contributed by atoms with van der Waals surface area (Å²) in [5, 5.41) is 3.49. The SMILES string of the molecule is O=C(Cn1ccnc1)N1C[C@H]2CC[C@@H](Nc3cnccn3)[C@H]2C1. The molecule has 1 N–H and O–H groups in total. The molecule has 2 fully saturated rings. The van der Waals surface area contributed by atoms with Crippen molar-refractivity contribution in [3.63, 3.8) is 0 Å². The molecule has 1 aliphatic heterocycles. The molecule has 1 amide bonds. The van der Waals surface area contributed by atoms with Crippen molar-refractivity contribution in [2.45, 2.75) is 25.4 Å². The first-order chi connectivity index (χ1) is 11.3. The maximum atomic E-state index is 12.4. The van der Waals surface area contributed by atoms with Crippen molar-refractivity contribution in [3.8, 4) is 0 Å². The Morgan fingerprint density at radius 1 is 1.22 bits per heavy atom. The van der Waals surface area contributed by atoms with Crippen molar-refractivity contribution in [2.24, 2.45) is 11.8 Å². The molecule has 0 unspecified atom stereocenters. The monoisotopic (exact) mass is 312 g/mol. The van der Waals surface area contributed by atoms with Crippen LogP contribution in [0, 0.1) is 11.8 Å². The van der Waals surface area contributed by atoms with Gasteiger partial charge in [0.25, 0.3) is 0 Å².